The van der Waals surface area contributed by atoms with E-state index in [1.807, 2.05) is 37.3 Å². The number of rotatable bonds is 3. The molecule has 0 saturated heterocycles. The topological polar surface area (TPSA) is 58.6 Å². The Morgan fingerprint density at radius 1 is 1.43 bits per heavy atom. The zero-order valence-corrected chi connectivity index (χ0v) is 12.7. The van der Waals surface area contributed by atoms with Crippen LogP contribution in [0.1, 0.15) is 31.7 Å². The van der Waals surface area contributed by atoms with Crippen LogP contribution in [0, 0.1) is 6.92 Å². The molecule has 1 aromatic carbocycles. The number of benzene rings is 1. The molecule has 5 heteroatoms. The first-order valence-corrected chi connectivity index (χ1v) is 7.63. The summed E-state index contributed by atoms with van der Waals surface area (Å²) in [5.74, 6) is 0.376. The second-order valence-electron chi connectivity index (χ2n) is 5.18. The van der Waals surface area contributed by atoms with Gasteiger partial charge >= 0.3 is 0 Å². The van der Waals surface area contributed by atoms with Crippen LogP contribution in [0.2, 0.25) is 0 Å². The molecule has 1 aliphatic carbocycles. The fourth-order valence-electron chi connectivity index (χ4n) is 2.76. The van der Waals surface area contributed by atoms with E-state index in [1.54, 1.807) is 7.11 Å². The molecular formula is C16H17NO3S. The van der Waals surface area contributed by atoms with Gasteiger partial charge in [0.25, 0.3) is 5.91 Å². The van der Waals surface area contributed by atoms with E-state index in [1.165, 1.54) is 11.3 Å². The molecule has 0 bridgehead atoms. The van der Waals surface area contributed by atoms with Crippen LogP contribution in [0.25, 0.3) is 0 Å². The van der Waals surface area contributed by atoms with E-state index in [2.05, 4.69) is 5.32 Å². The van der Waals surface area contributed by atoms with Gasteiger partial charge in [-0.25, -0.2) is 0 Å². The minimum Gasteiger partial charge on any atom is -0.495 e. The average Bonchev–Trinajstić information content (AvgIpc) is 3.00. The maximum Gasteiger partial charge on any atom is 0.265 e. The summed E-state index contributed by atoms with van der Waals surface area (Å²) in [6, 6.07) is 9.29. The van der Waals surface area contributed by atoms with Gasteiger partial charge in [0, 0.05) is 11.3 Å². The van der Waals surface area contributed by atoms with E-state index in [0.717, 1.165) is 16.0 Å². The first-order valence-electron chi connectivity index (χ1n) is 6.81. The Labute approximate surface area is 127 Å². The Morgan fingerprint density at radius 2 is 2.19 bits per heavy atom. The predicted molar refractivity (Wildman–Crippen MR) is 82.0 cm³/mol. The highest BCUT2D eigenvalue weighted by Gasteiger charge is 2.32. The zero-order valence-electron chi connectivity index (χ0n) is 11.9. The quantitative estimate of drug-likeness (QED) is 0.915. The molecule has 0 unspecified atom stereocenters. The second-order valence-corrected chi connectivity index (χ2v) is 6.43. The lowest BCUT2D eigenvalue weighted by molar-refractivity contribution is 0.0859. The molecule has 0 radical (unpaired) electrons. The molecule has 2 N–H and O–H groups in total. The highest BCUT2D eigenvalue weighted by Crippen LogP contribution is 2.33. The van der Waals surface area contributed by atoms with Crippen LogP contribution in [-0.2, 0) is 6.42 Å². The van der Waals surface area contributed by atoms with E-state index in [4.69, 9.17) is 4.74 Å². The second kappa shape index (κ2) is 5.50. The van der Waals surface area contributed by atoms with Crippen molar-refractivity contribution < 1.29 is 14.6 Å². The molecule has 0 spiro atoms. The molecule has 110 valence electrons. The molecular weight excluding hydrogens is 286 g/mol. The molecule has 1 aliphatic rings. The van der Waals surface area contributed by atoms with Crippen molar-refractivity contribution in [1.29, 1.82) is 0 Å². The molecule has 4 nitrogen and oxygen atoms in total. The normalized spacial score (nSPS) is 20.1. The first-order chi connectivity index (χ1) is 10.1. The number of hydrogen-bond acceptors (Lipinski definition) is 4. The fourth-order valence-corrected chi connectivity index (χ4v) is 3.64. The van der Waals surface area contributed by atoms with Crippen LogP contribution in [-0.4, -0.2) is 24.2 Å². The Morgan fingerprint density at radius 3 is 2.95 bits per heavy atom. The van der Waals surface area contributed by atoms with Gasteiger partial charge in [-0.15, -0.1) is 11.3 Å². The number of hydrogen-bond donors (Lipinski definition) is 2. The summed E-state index contributed by atoms with van der Waals surface area (Å²) < 4.78 is 5.24. The third-order valence-electron chi connectivity index (χ3n) is 3.74. The van der Waals surface area contributed by atoms with Gasteiger partial charge in [0.2, 0.25) is 0 Å². The summed E-state index contributed by atoms with van der Waals surface area (Å²) in [7, 11) is 1.55. The smallest absolute Gasteiger partial charge is 0.265 e. The molecule has 21 heavy (non-hydrogen) atoms. The monoisotopic (exact) mass is 303 g/mol. The van der Waals surface area contributed by atoms with E-state index in [0.29, 0.717) is 17.0 Å². The van der Waals surface area contributed by atoms with Crippen molar-refractivity contribution in [3.05, 3.63) is 51.2 Å². The van der Waals surface area contributed by atoms with Gasteiger partial charge in [-0.2, -0.15) is 0 Å². The number of amides is 1. The summed E-state index contributed by atoms with van der Waals surface area (Å²) >= 11 is 1.39. The average molecular weight is 303 g/mol. The van der Waals surface area contributed by atoms with Crippen LogP contribution in [0.3, 0.4) is 0 Å². The number of aliphatic hydroxyl groups is 1. The van der Waals surface area contributed by atoms with Crippen molar-refractivity contribution in [3.8, 4) is 5.75 Å². The Bertz CT molecular complexity index is 680. The van der Waals surface area contributed by atoms with E-state index in [9.17, 15) is 9.90 Å². The van der Waals surface area contributed by atoms with Crippen molar-refractivity contribution in [2.75, 3.05) is 7.11 Å². The number of thiophene rings is 1. The number of methoxy groups -OCH3 is 1. The van der Waals surface area contributed by atoms with Gasteiger partial charge in [-0.1, -0.05) is 24.3 Å². The van der Waals surface area contributed by atoms with Crippen LogP contribution >= 0.6 is 11.3 Å². The summed E-state index contributed by atoms with van der Waals surface area (Å²) in [6.07, 6.45) is -0.0137. The largest absolute Gasteiger partial charge is 0.495 e. The number of carbonyl (C=O) groups excluding carboxylic acids is 1. The molecule has 1 aromatic heterocycles. The van der Waals surface area contributed by atoms with E-state index < -0.39 is 6.10 Å². The lowest BCUT2D eigenvalue weighted by atomic mass is 10.1. The molecule has 2 aromatic rings. The van der Waals surface area contributed by atoms with Gasteiger partial charge < -0.3 is 15.2 Å². The van der Waals surface area contributed by atoms with Crippen molar-refractivity contribution in [2.24, 2.45) is 0 Å². The third-order valence-corrected chi connectivity index (χ3v) is 4.77. The molecule has 0 fully saturated rings. The van der Waals surface area contributed by atoms with Crippen molar-refractivity contribution in [3.63, 3.8) is 0 Å². The lowest BCUT2D eigenvalue weighted by Crippen LogP contribution is -2.33. The maximum absolute atomic E-state index is 12.5. The van der Waals surface area contributed by atoms with Crippen molar-refractivity contribution in [2.45, 2.75) is 25.5 Å². The summed E-state index contributed by atoms with van der Waals surface area (Å²) in [4.78, 5) is 14.0. The molecule has 3 rings (SSSR count). The fraction of sp³-hybridized carbons (Fsp3) is 0.312. The number of ether oxygens (including phenoxy) is 1. The number of fused-ring (bicyclic) bond motifs is 1. The zero-order chi connectivity index (χ0) is 15.0. The molecule has 1 heterocycles. The highest BCUT2D eigenvalue weighted by molar-refractivity contribution is 7.14. The highest BCUT2D eigenvalue weighted by atomic mass is 32.1. The lowest BCUT2D eigenvalue weighted by Gasteiger charge is -2.17. The van der Waals surface area contributed by atoms with Gasteiger partial charge in [0.1, 0.15) is 10.6 Å². The van der Waals surface area contributed by atoms with Crippen LogP contribution in [0.15, 0.2) is 30.3 Å². The summed E-state index contributed by atoms with van der Waals surface area (Å²) in [5.41, 5.74) is 2.08. The molecule has 0 saturated carbocycles. The molecule has 2 atom stereocenters. The molecule has 0 aliphatic heterocycles. The third kappa shape index (κ3) is 2.54. The Kier molecular flexibility index (Phi) is 3.69. The first kappa shape index (κ1) is 14.1. The Balaban J connectivity index is 1.85. The van der Waals surface area contributed by atoms with E-state index in [-0.39, 0.29) is 11.9 Å². The minimum absolute atomic E-state index is 0.203. The van der Waals surface area contributed by atoms with Gasteiger partial charge in [0.15, 0.2) is 0 Å². The van der Waals surface area contributed by atoms with Gasteiger partial charge in [-0.05, 0) is 24.1 Å². The summed E-state index contributed by atoms with van der Waals surface area (Å²) in [5, 5.41) is 13.1. The van der Waals surface area contributed by atoms with Crippen molar-refractivity contribution >= 4 is 17.2 Å². The van der Waals surface area contributed by atoms with Crippen molar-refractivity contribution in [1.82, 2.24) is 5.32 Å². The standard InChI is InChI=1S/C16H17NO3S/c1-9-7-13(20-2)15(21-9)16(19)17-14-11-6-4-3-5-10(11)8-12(14)18/h3-7,12,14,18H,8H2,1-2H3,(H,17,19)/t12-,14+/m1/s1. The number of nitrogens with one attached hydrogen (secondary N) is 1. The van der Waals surface area contributed by atoms with Gasteiger partial charge in [0.05, 0.1) is 19.3 Å². The Hall–Kier alpha value is -1.85. The minimum atomic E-state index is -0.585. The predicted octanol–water partition coefficient (Wildman–Crippen LogP) is 2.45. The maximum atomic E-state index is 12.5. The summed E-state index contributed by atoms with van der Waals surface area (Å²) in [6.45, 7) is 1.93. The number of carbonyl (C=O) groups is 1. The van der Waals surface area contributed by atoms with Gasteiger partial charge in [-0.3, -0.25) is 4.79 Å². The van der Waals surface area contributed by atoms with Crippen LogP contribution in [0.4, 0.5) is 0 Å². The number of aryl methyl sites for hydroxylation is 1. The van der Waals surface area contributed by atoms with E-state index >= 15 is 0 Å². The number of aliphatic hydroxyl groups excluding tert-OH is 1. The van der Waals surface area contributed by atoms with Crippen LogP contribution in [0.5, 0.6) is 5.75 Å². The molecule has 1 amide bonds. The van der Waals surface area contributed by atoms with Crippen LogP contribution < -0.4 is 10.1 Å². The SMILES string of the molecule is COc1cc(C)sc1C(=O)N[C@H]1c2ccccc2C[C@H]1O.